The molecule has 2 unspecified atom stereocenters. The van der Waals surface area contributed by atoms with Gasteiger partial charge in [-0.25, -0.2) is 0 Å². The molecule has 2 atom stereocenters. The number of nitro benzene ring substituents is 1. The summed E-state index contributed by atoms with van der Waals surface area (Å²) < 4.78 is 0. The normalized spacial score (nSPS) is 29.3. The Labute approximate surface area is 121 Å². The fourth-order valence-electron chi connectivity index (χ4n) is 3.50. The van der Waals surface area contributed by atoms with Crippen LogP contribution in [0.25, 0.3) is 0 Å². The minimum Gasteiger partial charge on any atom is -0.376 e. The summed E-state index contributed by atoms with van der Waals surface area (Å²) in [5.41, 5.74) is 2.15. The summed E-state index contributed by atoms with van der Waals surface area (Å²) in [6, 6.07) is 3.64. The number of hydrogen-bond acceptors (Lipinski definition) is 5. The maximum absolute atomic E-state index is 11.4. The van der Waals surface area contributed by atoms with E-state index in [-0.39, 0.29) is 16.5 Å². The first-order valence-corrected chi connectivity index (χ1v) is 7.22. The van der Waals surface area contributed by atoms with E-state index in [9.17, 15) is 14.9 Å². The molecule has 0 aromatic heterocycles. The molecule has 0 radical (unpaired) electrons. The molecule has 2 fully saturated rings. The summed E-state index contributed by atoms with van der Waals surface area (Å²) in [6.07, 6.45) is 1.07. The van der Waals surface area contributed by atoms with Crippen molar-refractivity contribution >= 4 is 23.0 Å². The standard InChI is InChI=1S/C14H16N4O3/c19-13-2-1-7-3-11(12(18(20)21)4-10(7)16-13)17-14-8-5-15-6-9(8)14/h3-4,8-9,14-15,17H,1-2,5-6H2,(H,16,19). The van der Waals surface area contributed by atoms with Crippen LogP contribution in [0, 0.1) is 22.0 Å². The second-order valence-electron chi connectivity index (χ2n) is 5.99. The van der Waals surface area contributed by atoms with Crippen LogP contribution in [0.2, 0.25) is 0 Å². The van der Waals surface area contributed by atoms with E-state index in [4.69, 9.17) is 0 Å². The minimum absolute atomic E-state index is 0.0360. The first kappa shape index (κ1) is 12.6. The number of piperidine rings is 1. The van der Waals surface area contributed by atoms with Crippen LogP contribution >= 0.6 is 0 Å². The van der Waals surface area contributed by atoms with Crippen molar-refractivity contribution in [2.45, 2.75) is 18.9 Å². The van der Waals surface area contributed by atoms with Crippen LogP contribution in [0.5, 0.6) is 0 Å². The van der Waals surface area contributed by atoms with E-state index < -0.39 is 0 Å². The van der Waals surface area contributed by atoms with Crippen molar-refractivity contribution in [2.24, 2.45) is 11.8 Å². The highest BCUT2D eigenvalue weighted by Crippen LogP contribution is 2.45. The molecular formula is C14H16N4O3. The smallest absolute Gasteiger partial charge is 0.294 e. The van der Waals surface area contributed by atoms with Gasteiger partial charge in [0.05, 0.1) is 10.6 Å². The van der Waals surface area contributed by atoms with Crippen molar-refractivity contribution in [3.05, 3.63) is 27.8 Å². The lowest BCUT2D eigenvalue weighted by Crippen LogP contribution is -2.22. The third-order valence-electron chi connectivity index (χ3n) is 4.73. The molecule has 7 nitrogen and oxygen atoms in total. The Morgan fingerprint density at radius 2 is 2.00 bits per heavy atom. The van der Waals surface area contributed by atoms with Gasteiger partial charge in [-0.1, -0.05) is 0 Å². The second kappa shape index (κ2) is 4.42. The number of rotatable bonds is 3. The third-order valence-corrected chi connectivity index (χ3v) is 4.73. The topological polar surface area (TPSA) is 96.3 Å². The highest BCUT2D eigenvalue weighted by atomic mass is 16.6. The molecule has 0 bridgehead atoms. The highest BCUT2D eigenvalue weighted by molar-refractivity contribution is 5.95. The Hall–Kier alpha value is -2.15. The Morgan fingerprint density at radius 3 is 2.71 bits per heavy atom. The zero-order valence-corrected chi connectivity index (χ0v) is 11.4. The largest absolute Gasteiger partial charge is 0.376 e. The zero-order chi connectivity index (χ0) is 14.6. The number of amides is 1. The van der Waals surface area contributed by atoms with E-state index in [2.05, 4.69) is 16.0 Å². The molecule has 0 spiro atoms. The van der Waals surface area contributed by atoms with Crippen LogP contribution in [-0.4, -0.2) is 30.0 Å². The summed E-state index contributed by atoms with van der Waals surface area (Å²) in [5.74, 6) is 1.08. The van der Waals surface area contributed by atoms with E-state index in [1.807, 2.05) is 6.07 Å². The molecule has 3 aliphatic rings. The van der Waals surface area contributed by atoms with Crippen molar-refractivity contribution in [1.82, 2.24) is 5.32 Å². The van der Waals surface area contributed by atoms with Gasteiger partial charge in [-0.3, -0.25) is 14.9 Å². The summed E-state index contributed by atoms with van der Waals surface area (Å²) in [7, 11) is 0. The second-order valence-corrected chi connectivity index (χ2v) is 5.99. The van der Waals surface area contributed by atoms with Crippen LogP contribution in [0.3, 0.4) is 0 Å². The Bertz CT molecular complexity index is 635. The van der Waals surface area contributed by atoms with Crippen molar-refractivity contribution in [3.8, 4) is 0 Å². The highest BCUT2D eigenvalue weighted by Gasteiger charge is 2.53. The number of nitrogens with one attached hydrogen (secondary N) is 3. The quantitative estimate of drug-likeness (QED) is 0.572. The number of carbonyl (C=O) groups excluding carboxylic acids is 1. The maximum Gasteiger partial charge on any atom is 0.294 e. The Balaban J connectivity index is 1.65. The average Bonchev–Trinajstić information content (AvgIpc) is 2.89. The lowest BCUT2D eigenvalue weighted by molar-refractivity contribution is -0.383. The first-order chi connectivity index (χ1) is 10.1. The predicted octanol–water partition coefficient (Wildman–Crippen LogP) is 1.11. The molecule has 1 amide bonds. The molecule has 1 saturated carbocycles. The molecule has 1 aromatic rings. The third kappa shape index (κ3) is 2.04. The number of benzene rings is 1. The minimum atomic E-state index is -0.389. The summed E-state index contributed by atoms with van der Waals surface area (Å²) in [5, 5.41) is 20.6. The molecule has 2 aliphatic heterocycles. The van der Waals surface area contributed by atoms with Crippen LogP contribution in [0.4, 0.5) is 17.1 Å². The van der Waals surface area contributed by atoms with Gasteiger partial charge in [0.2, 0.25) is 5.91 Å². The molecule has 1 aromatic carbocycles. The van der Waals surface area contributed by atoms with Gasteiger partial charge in [0.25, 0.3) is 5.69 Å². The number of nitrogens with zero attached hydrogens (tertiary/aromatic N) is 1. The number of fused-ring (bicyclic) bond motifs is 2. The molecule has 7 heteroatoms. The molecule has 21 heavy (non-hydrogen) atoms. The predicted molar refractivity (Wildman–Crippen MR) is 77.3 cm³/mol. The SMILES string of the molecule is O=C1CCc2cc(NC3C4CNCC43)c([N+](=O)[O-])cc2N1. The van der Waals surface area contributed by atoms with Crippen molar-refractivity contribution in [1.29, 1.82) is 0 Å². The van der Waals surface area contributed by atoms with Crippen molar-refractivity contribution < 1.29 is 9.72 Å². The van der Waals surface area contributed by atoms with E-state index in [0.717, 1.165) is 18.7 Å². The fourth-order valence-corrected chi connectivity index (χ4v) is 3.50. The molecule has 2 heterocycles. The van der Waals surface area contributed by atoms with Gasteiger partial charge in [0.15, 0.2) is 0 Å². The molecule has 3 N–H and O–H groups in total. The van der Waals surface area contributed by atoms with Crippen LogP contribution in [0.15, 0.2) is 12.1 Å². The van der Waals surface area contributed by atoms with Gasteiger partial charge in [0, 0.05) is 31.6 Å². The molecular weight excluding hydrogens is 272 g/mol. The van der Waals surface area contributed by atoms with Gasteiger partial charge in [-0.05, 0) is 29.9 Å². The number of nitro groups is 1. The molecule has 1 saturated heterocycles. The number of aryl methyl sites for hydroxylation is 1. The van der Waals surface area contributed by atoms with Gasteiger partial charge in [-0.2, -0.15) is 0 Å². The maximum atomic E-state index is 11.4. The Morgan fingerprint density at radius 1 is 1.24 bits per heavy atom. The number of hydrogen-bond donors (Lipinski definition) is 3. The summed E-state index contributed by atoms with van der Waals surface area (Å²) in [6.45, 7) is 1.97. The average molecular weight is 288 g/mol. The summed E-state index contributed by atoms with van der Waals surface area (Å²) >= 11 is 0. The number of carbonyl (C=O) groups is 1. The van der Waals surface area contributed by atoms with Gasteiger partial charge in [0.1, 0.15) is 5.69 Å². The van der Waals surface area contributed by atoms with Gasteiger partial charge < -0.3 is 16.0 Å². The summed E-state index contributed by atoms with van der Waals surface area (Å²) in [4.78, 5) is 22.3. The van der Waals surface area contributed by atoms with Crippen molar-refractivity contribution in [2.75, 3.05) is 23.7 Å². The van der Waals surface area contributed by atoms with Crippen LogP contribution in [0.1, 0.15) is 12.0 Å². The van der Waals surface area contributed by atoms with E-state index in [1.54, 1.807) is 0 Å². The lowest BCUT2D eigenvalue weighted by Gasteiger charge is -2.18. The van der Waals surface area contributed by atoms with Gasteiger partial charge >= 0.3 is 0 Å². The van der Waals surface area contributed by atoms with E-state index in [0.29, 0.717) is 42.1 Å². The molecule has 4 rings (SSSR count). The Kier molecular flexibility index (Phi) is 2.65. The molecule has 110 valence electrons. The first-order valence-electron chi connectivity index (χ1n) is 7.22. The zero-order valence-electron chi connectivity index (χ0n) is 11.4. The van der Waals surface area contributed by atoms with Gasteiger partial charge in [-0.15, -0.1) is 0 Å². The van der Waals surface area contributed by atoms with Crippen LogP contribution < -0.4 is 16.0 Å². The monoisotopic (exact) mass is 288 g/mol. The van der Waals surface area contributed by atoms with Crippen LogP contribution in [-0.2, 0) is 11.2 Å². The molecule has 1 aliphatic carbocycles. The fraction of sp³-hybridized carbons (Fsp3) is 0.500. The lowest BCUT2D eigenvalue weighted by atomic mass is 10.0. The number of anilines is 2. The van der Waals surface area contributed by atoms with Crippen molar-refractivity contribution in [3.63, 3.8) is 0 Å². The van der Waals surface area contributed by atoms with E-state index >= 15 is 0 Å². The van der Waals surface area contributed by atoms with E-state index in [1.165, 1.54) is 6.07 Å².